The molecular formula is C21H25FN2O3. The predicted molar refractivity (Wildman–Crippen MR) is 101 cm³/mol. The standard InChI is InChI=1S/C21H25FN2O3/c1-2-26-20-6-4-3-5-16(20)15-23-21(25)24-13-11-19(12-14-24)27-18-9-7-17(22)8-10-18/h3-10,19H,2,11-15H2,1H3,(H,23,25). The number of rotatable bonds is 6. The number of nitrogens with one attached hydrogen (secondary N) is 1. The predicted octanol–water partition coefficient (Wildman–Crippen LogP) is 3.98. The van der Waals surface area contributed by atoms with E-state index >= 15 is 0 Å². The van der Waals surface area contributed by atoms with E-state index in [9.17, 15) is 9.18 Å². The zero-order chi connectivity index (χ0) is 19.1. The second-order valence-corrected chi connectivity index (χ2v) is 6.46. The van der Waals surface area contributed by atoms with Gasteiger partial charge >= 0.3 is 6.03 Å². The maximum atomic E-state index is 13.0. The fourth-order valence-electron chi connectivity index (χ4n) is 3.11. The lowest BCUT2D eigenvalue weighted by Gasteiger charge is -2.32. The SMILES string of the molecule is CCOc1ccccc1CNC(=O)N1CCC(Oc2ccc(F)cc2)CC1. The minimum atomic E-state index is -0.278. The molecule has 0 aromatic heterocycles. The van der Waals surface area contributed by atoms with Crippen LogP contribution < -0.4 is 14.8 Å². The monoisotopic (exact) mass is 372 g/mol. The molecule has 1 aliphatic rings. The lowest BCUT2D eigenvalue weighted by atomic mass is 10.1. The van der Waals surface area contributed by atoms with Crippen molar-refractivity contribution in [2.75, 3.05) is 19.7 Å². The third kappa shape index (κ3) is 5.36. The summed E-state index contributed by atoms with van der Waals surface area (Å²) >= 11 is 0. The van der Waals surface area contributed by atoms with E-state index in [2.05, 4.69) is 5.32 Å². The Morgan fingerprint density at radius 3 is 2.56 bits per heavy atom. The molecule has 0 unspecified atom stereocenters. The van der Waals surface area contributed by atoms with E-state index < -0.39 is 0 Å². The molecule has 27 heavy (non-hydrogen) atoms. The Balaban J connectivity index is 1.45. The van der Waals surface area contributed by atoms with Crippen molar-refractivity contribution >= 4 is 6.03 Å². The average Bonchev–Trinajstić information content (AvgIpc) is 2.70. The third-order valence-corrected chi connectivity index (χ3v) is 4.55. The molecule has 1 fully saturated rings. The van der Waals surface area contributed by atoms with Crippen LogP contribution in [0.15, 0.2) is 48.5 Å². The van der Waals surface area contributed by atoms with Crippen LogP contribution >= 0.6 is 0 Å². The molecule has 0 spiro atoms. The molecule has 1 aliphatic heterocycles. The summed E-state index contributed by atoms with van der Waals surface area (Å²) in [7, 11) is 0. The Kier molecular flexibility index (Phi) is 6.52. The van der Waals surface area contributed by atoms with Crippen LogP contribution in [-0.2, 0) is 6.54 Å². The van der Waals surface area contributed by atoms with Crippen molar-refractivity contribution in [1.82, 2.24) is 10.2 Å². The summed E-state index contributed by atoms with van der Waals surface area (Å²) in [6, 6.07) is 13.7. The van der Waals surface area contributed by atoms with E-state index in [1.807, 2.05) is 31.2 Å². The molecule has 2 aromatic rings. The van der Waals surface area contributed by atoms with Crippen LogP contribution in [0.1, 0.15) is 25.3 Å². The normalized spacial score (nSPS) is 14.7. The molecule has 144 valence electrons. The third-order valence-electron chi connectivity index (χ3n) is 4.55. The second-order valence-electron chi connectivity index (χ2n) is 6.46. The molecule has 2 amide bonds. The van der Waals surface area contributed by atoms with Gasteiger partial charge < -0.3 is 19.7 Å². The number of halogens is 1. The second kappa shape index (κ2) is 9.26. The number of nitrogens with zero attached hydrogens (tertiary/aromatic N) is 1. The fourth-order valence-corrected chi connectivity index (χ4v) is 3.11. The van der Waals surface area contributed by atoms with Gasteiger partial charge in [0.25, 0.3) is 0 Å². The molecule has 1 N–H and O–H groups in total. The van der Waals surface area contributed by atoms with Crippen molar-refractivity contribution < 1.29 is 18.7 Å². The molecule has 0 saturated carbocycles. The highest BCUT2D eigenvalue weighted by Gasteiger charge is 2.24. The molecular weight excluding hydrogens is 347 g/mol. The highest BCUT2D eigenvalue weighted by atomic mass is 19.1. The number of hydrogen-bond donors (Lipinski definition) is 1. The highest BCUT2D eigenvalue weighted by molar-refractivity contribution is 5.74. The first-order valence-electron chi connectivity index (χ1n) is 9.31. The quantitative estimate of drug-likeness (QED) is 0.835. The van der Waals surface area contributed by atoms with Crippen molar-refractivity contribution in [3.63, 3.8) is 0 Å². The van der Waals surface area contributed by atoms with E-state index in [1.54, 1.807) is 17.0 Å². The Labute approximate surface area is 159 Å². The van der Waals surface area contributed by atoms with Gasteiger partial charge in [0.05, 0.1) is 6.61 Å². The number of urea groups is 1. The molecule has 0 bridgehead atoms. The van der Waals surface area contributed by atoms with Gasteiger partial charge in [0.2, 0.25) is 0 Å². The van der Waals surface area contributed by atoms with Gasteiger partial charge in [0.15, 0.2) is 0 Å². The van der Waals surface area contributed by atoms with Gasteiger partial charge in [-0.25, -0.2) is 9.18 Å². The van der Waals surface area contributed by atoms with Gasteiger partial charge in [-0.15, -0.1) is 0 Å². The van der Waals surface area contributed by atoms with E-state index in [-0.39, 0.29) is 18.0 Å². The molecule has 6 heteroatoms. The van der Waals surface area contributed by atoms with Crippen LogP contribution in [-0.4, -0.2) is 36.7 Å². The molecule has 0 atom stereocenters. The summed E-state index contributed by atoms with van der Waals surface area (Å²) < 4.78 is 24.4. The Bertz CT molecular complexity index is 743. The molecule has 2 aromatic carbocycles. The largest absolute Gasteiger partial charge is 0.494 e. The summed E-state index contributed by atoms with van der Waals surface area (Å²) in [6.45, 7) is 4.22. The first-order valence-corrected chi connectivity index (χ1v) is 9.31. The fraction of sp³-hybridized carbons (Fsp3) is 0.381. The van der Waals surface area contributed by atoms with Gasteiger partial charge in [-0.3, -0.25) is 0 Å². The highest BCUT2D eigenvalue weighted by Crippen LogP contribution is 2.20. The Morgan fingerprint density at radius 2 is 1.85 bits per heavy atom. The number of likely N-dealkylation sites (tertiary alicyclic amines) is 1. The van der Waals surface area contributed by atoms with Crippen LogP contribution in [0, 0.1) is 5.82 Å². The van der Waals surface area contributed by atoms with E-state index in [0.29, 0.717) is 32.0 Å². The van der Waals surface area contributed by atoms with Crippen LogP contribution in [0.3, 0.4) is 0 Å². The van der Waals surface area contributed by atoms with E-state index in [1.165, 1.54) is 12.1 Å². The summed E-state index contributed by atoms with van der Waals surface area (Å²) in [6.07, 6.45) is 1.54. The zero-order valence-electron chi connectivity index (χ0n) is 15.5. The molecule has 5 nitrogen and oxygen atoms in total. The maximum absolute atomic E-state index is 13.0. The number of para-hydroxylation sites is 1. The van der Waals surface area contributed by atoms with Crippen molar-refractivity contribution in [2.45, 2.75) is 32.4 Å². The lowest BCUT2D eigenvalue weighted by Crippen LogP contribution is -2.46. The van der Waals surface area contributed by atoms with Gasteiger partial charge in [-0.05, 0) is 37.3 Å². The number of carbonyl (C=O) groups is 1. The number of amides is 2. The summed E-state index contributed by atoms with van der Waals surface area (Å²) in [5, 5.41) is 2.96. The van der Waals surface area contributed by atoms with Crippen LogP contribution in [0.2, 0.25) is 0 Å². The van der Waals surface area contributed by atoms with Crippen molar-refractivity contribution in [3.05, 3.63) is 59.9 Å². The van der Waals surface area contributed by atoms with Crippen molar-refractivity contribution in [2.24, 2.45) is 0 Å². The Hall–Kier alpha value is -2.76. The van der Waals surface area contributed by atoms with Gasteiger partial charge in [0, 0.05) is 38.0 Å². The van der Waals surface area contributed by atoms with E-state index in [0.717, 1.165) is 24.2 Å². The molecule has 1 saturated heterocycles. The summed E-state index contributed by atoms with van der Waals surface area (Å²) in [5.74, 6) is 1.18. The topological polar surface area (TPSA) is 50.8 Å². The molecule has 3 rings (SSSR count). The number of carbonyl (C=O) groups excluding carboxylic acids is 1. The molecule has 0 aliphatic carbocycles. The number of ether oxygens (including phenoxy) is 2. The van der Waals surface area contributed by atoms with Gasteiger partial charge in [0.1, 0.15) is 23.4 Å². The van der Waals surface area contributed by atoms with E-state index in [4.69, 9.17) is 9.47 Å². The minimum absolute atomic E-state index is 0.0400. The number of hydrogen-bond acceptors (Lipinski definition) is 3. The first kappa shape index (κ1) is 19.0. The minimum Gasteiger partial charge on any atom is -0.494 e. The van der Waals surface area contributed by atoms with Crippen molar-refractivity contribution in [1.29, 1.82) is 0 Å². The maximum Gasteiger partial charge on any atom is 0.317 e. The summed E-state index contributed by atoms with van der Waals surface area (Å²) in [4.78, 5) is 14.2. The first-order chi connectivity index (χ1) is 13.2. The average molecular weight is 372 g/mol. The van der Waals surface area contributed by atoms with Gasteiger partial charge in [-0.1, -0.05) is 18.2 Å². The Morgan fingerprint density at radius 1 is 1.15 bits per heavy atom. The van der Waals surface area contributed by atoms with Crippen molar-refractivity contribution in [3.8, 4) is 11.5 Å². The zero-order valence-corrected chi connectivity index (χ0v) is 15.5. The van der Waals surface area contributed by atoms with Gasteiger partial charge in [-0.2, -0.15) is 0 Å². The van der Waals surface area contributed by atoms with Crippen LogP contribution in [0.4, 0.5) is 9.18 Å². The smallest absolute Gasteiger partial charge is 0.317 e. The lowest BCUT2D eigenvalue weighted by molar-refractivity contribution is 0.111. The van der Waals surface area contributed by atoms with Crippen LogP contribution in [0.25, 0.3) is 0 Å². The van der Waals surface area contributed by atoms with Crippen LogP contribution in [0.5, 0.6) is 11.5 Å². The summed E-state index contributed by atoms with van der Waals surface area (Å²) in [5.41, 5.74) is 0.960. The number of piperidine rings is 1. The molecule has 0 radical (unpaired) electrons. The number of benzene rings is 2. The molecule has 1 heterocycles.